The Hall–Kier alpha value is -4.43. The molecule has 0 bridgehead atoms. The average molecular weight is 774 g/mol. The number of carbonyl (C=O) groups is 1. The van der Waals surface area contributed by atoms with Crippen molar-refractivity contribution in [3.05, 3.63) is 137 Å². The Morgan fingerprint density at radius 1 is 0.764 bits per heavy atom. The van der Waals surface area contributed by atoms with Gasteiger partial charge in [0, 0.05) is 43.0 Å². The molecule has 14 heteroatoms. The Labute approximate surface area is 322 Å². The molecule has 1 amide bonds. The first-order valence-corrected chi connectivity index (χ1v) is 20.3. The molecule has 0 aromatic heterocycles. The van der Waals surface area contributed by atoms with Crippen LogP contribution >= 0.6 is 7.60 Å². The van der Waals surface area contributed by atoms with Gasteiger partial charge < -0.3 is 35.4 Å². The maximum atomic E-state index is 13.3. The summed E-state index contributed by atoms with van der Waals surface area (Å²) in [6.45, 7) is 4.24. The molecule has 294 valence electrons. The number of nitrogen functional groups attached to an aromatic ring is 1. The van der Waals surface area contributed by atoms with Gasteiger partial charge in [0.05, 0.1) is 37.1 Å². The van der Waals surface area contributed by atoms with Crippen LogP contribution in [0, 0.1) is 0 Å². The smallest absolute Gasteiger partial charge is 0.332 e. The summed E-state index contributed by atoms with van der Waals surface area (Å²) in [6, 6.07) is 30.0. The van der Waals surface area contributed by atoms with Gasteiger partial charge >= 0.3 is 7.60 Å². The van der Waals surface area contributed by atoms with Gasteiger partial charge in [0.2, 0.25) is 0 Å². The van der Waals surface area contributed by atoms with Gasteiger partial charge in [-0.25, -0.2) is 0 Å². The zero-order valence-electron chi connectivity index (χ0n) is 31.4. The minimum absolute atomic E-state index is 0.0207. The fraction of sp³-hybridized carbons (Fsp3) is 0.366. The van der Waals surface area contributed by atoms with E-state index in [1.54, 1.807) is 54.0 Å². The van der Waals surface area contributed by atoms with Crippen LogP contribution in [-0.4, -0.2) is 93.4 Å². The quantitative estimate of drug-likeness (QED) is 0.0358. The highest BCUT2D eigenvalue weighted by atomic mass is 31.2. The standard InChI is InChI=1S/C41H53N6O7P/c1-3-53-55(52,54-4-2)21-20-45-40(50)32-17-11-16-30(22-32)26-46-35(24-28-12-7-5-8-13-28)37(48)38(49)36(25-29-14-9-6-10-15-29)47(41(46)51)27-31-18-19-34(42)33(23-31)39(43)44/h5-19,22-23,35-38,41,48-49,51H,3-4,20-21,24-27,42H2,1-2H3,(H3,43,44)(H,45,50)/p+1/t35-,36-,37+,38+,41?/m1/s1. The topological polar surface area (TPSA) is 209 Å². The van der Waals surface area contributed by atoms with E-state index in [9.17, 15) is 24.7 Å². The second-order valence-electron chi connectivity index (χ2n) is 13.7. The lowest BCUT2D eigenvalue weighted by Gasteiger charge is -2.40. The van der Waals surface area contributed by atoms with Crippen molar-refractivity contribution in [1.82, 2.24) is 15.1 Å². The van der Waals surface area contributed by atoms with Crippen molar-refractivity contribution in [2.75, 3.05) is 31.7 Å². The Bertz CT molecular complexity index is 1910. The largest absolute Gasteiger partial charge is 0.398 e. The second kappa shape index (κ2) is 19.4. The summed E-state index contributed by atoms with van der Waals surface area (Å²) >= 11 is 0. The van der Waals surface area contributed by atoms with Crippen molar-refractivity contribution in [2.45, 2.75) is 70.4 Å². The lowest BCUT2D eigenvalue weighted by Crippen LogP contribution is -2.54. The van der Waals surface area contributed by atoms with E-state index in [1.165, 1.54) is 0 Å². The van der Waals surface area contributed by atoms with Crippen molar-refractivity contribution >= 4 is 25.0 Å². The van der Waals surface area contributed by atoms with Crippen molar-refractivity contribution < 1.29 is 39.1 Å². The molecular weight excluding hydrogens is 719 g/mol. The number of aliphatic hydroxyl groups is 3. The fourth-order valence-electron chi connectivity index (χ4n) is 7.12. The number of carbonyl (C=O) groups excluding carboxylic acids is 1. The highest BCUT2D eigenvalue weighted by Crippen LogP contribution is 2.47. The number of rotatable bonds is 17. The Balaban J connectivity index is 1.50. The Morgan fingerprint density at radius 2 is 1.27 bits per heavy atom. The van der Waals surface area contributed by atoms with Crippen LogP contribution in [0.15, 0.2) is 103 Å². The summed E-state index contributed by atoms with van der Waals surface area (Å²) in [5, 5.41) is 45.6. The predicted molar refractivity (Wildman–Crippen MR) is 213 cm³/mol. The van der Waals surface area contributed by atoms with Crippen LogP contribution in [0.1, 0.15) is 52.0 Å². The van der Waals surface area contributed by atoms with E-state index < -0.39 is 38.2 Å². The minimum Gasteiger partial charge on any atom is -0.398 e. The number of anilines is 1. The first kappa shape index (κ1) is 41.7. The molecule has 5 rings (SSSR count). The molecule has 13 nitrogen and oxygen atoms in total. The maximum absolute atomic E-state index is 13.3. The van der Waals surface area contributed by atoms with Crippen LogP contribution in [0.3, 0.4) is 0 Å². The van der Waals surface area contributed by atoms with Crippen molar-refractivity contribution in [3.63, 3.8) is 0 Å². The first-order chi connectivity index (χ1) is 26.4. The Kier molecular flexibility index (Phi) is 14.7. The lowest BCUT2D eigenvalue weighted by molar-refractivity contribution is -0.147. The van der Waals surface area contributed by atoms with Crippen molar-refractivity contribution in [2.24, 2.45) is 5.73 Å². The number of nitrogens with two attached hydrogens (primary N) is 3. The number of nitrogens with zero attached hydrogens (tertiary/aromatic N) is 2. The number of aliphatic hydroxyl groups excluding tert-OH is 3. The molecule has 0 spiro atoms. The molecule has 1 aliphatic rings. The molecule has 1 unspecified atom stereocenters. The molecule has 4 aromatic rings. The molecule has 0 radical (unpaired) electrons. The maximum Gasteiger partial charge on any atom is 0.332 e. The third-order valence-electron chi connectivity index (χ3n) is 9.83. The van der Waals surface area contributed by atoms with Crippen LogP contribution in [0.25, 0.3) is 0 Å². The van der Waals surface area contributed by atoms with E-state index in [0.29, 0.717) is 35.2 Å². The predicted octanol–water partition coefficient (Wildman–Crippen LogP) is 2.27. The third-order valence-corrected chi connectivity index (χ3v) is 11.9. The molecule has 10 N–H and O–H groups in total. The van der Waals surface area contributed by atoms with Crippen LogP contribution in [0.4, 0.5) is 5.69 Å². The highest BCUT2D eigenvalue weighted by molar-refractivity contribution is 7.53. The van der Waals surface area contributed by atoms with Gasteiger partial charge in [0.15, 0.2) is 6.35 Å². The zero-order chi connectivity index (χ0) is 39.5. The number of hydrogen-bond acceptors (Lipinski definition) is 10. The molecule has 0 aliphatic carbocycles. The van der Waals surface area contributed by atoms with Crippen LogP contribution in [0.5, 0.6) is 0 Å². The molecule has 5 atom stereocenters. The average Bonchev–Trinajstić information content (AvgIpc) is 3.23. The lowest BCUT2D eigenvalue weighted by atomic mass is 9.90. The van der Waals surface area contributed by atoms with Gasteiger partial charge in [-0.05, 0) is 73.2 Å². The zero-order valence-corrected chi connectivity index (χ0v) is 32.3. The monoisotopic (exact) mass is 773 g/mol. The summed E-state index contributed by atoms with van der Waals surface area (Å²) in [4.78, 5) is 16.9. The van der Waals surface area contributed by atoms with Gasteiger partial charge in [-0.3, -0.25) is 30.3 Å². The van der Waals surface area contributed by atoms with Gasteiger partial charge in [-0.15, -0.1) is 0 Å². The first-order valence-electron chi connectivity index (χ1n) is 18.6. The van der Waals surface area contributed by atoms with Gasteiger partial charge in [-0.2, -0.15) is 0 Å². The molecule has 1 aliphatic heterocycles. The Morgan fingerprint density at radius 3 is 1.78 bits per heavy atom. The number of amidine groups is 1. The van der Waals surface area contributed by atoms with E-state index in [2.05, 4.69) is 5.32 Å². The number of nitrogens with one attached hydrogen (secondary N) is 1. The van der Waals surface area contributed by atoms with Crippen LogP contribution in [-0.2, 0) is 39.5 Å². The van der Waals surface area contributed by atoms with Crippen molar-refractivity contribution in [1.29, 1.82) is 0 Å². The van der Waals surface area contributed by atoms with E-state index in [-0.39, 0.29) is 50.8 Å². The number of hydrogen-bond donors (Lipinski definition) is 7. The highest BCUT2D eigenvalue weighted by Gasteiger charge is 2.47. The summed E-state index contributed by atoms with van der Waals surface area (Å²) in [5.74, 6) is -0.327. The fourth-order valence-corrected chi connectivity index (χ4v) is 8.62. The molecule has 1 heterocycles. The SMILES string of the molecule is CCOP(=O)(CCNC(=O)c1cccc(CN2C(O)N(Cc3ccc(N)c(C(N)=[NH2+])c3)[C@H](Cc3ccccc3)[C@H](O)[C@@H](O)[C@H]2Cc2ccccc2)c1)OCC. The molecule has 1 fully saturated rings. The normalized spacial score (nSPS) is 20.9. The van der Waals surface area contributed by atoms with Crippen LogP contribution in [0.2, 0.25) is 0 Å². The number of benzene rings is 4. The minimum atomic E-state index is -3.35. The van der Waals surface area contributed by atoms with E-state index in [4.69, 9.17) is 25.9 Å². The molecule has 4 aromatic carbocycles. The van der Waals surface area contributed by atoms with Gasteiger partial charge in [0.1, 0.15) is 0 Å². The van der Waals surface area contributed by atoms with E-state index in [1.807, 2.05) is 72.8 Å². The summed E-state index contributed by atoms with van der Waals surface area (Å²) < 4.78 is 23.6. The summed E-state index contributed by atoms with van der Waals surface area (Å²) in [6.07, 6.45) is -3.24. The molecule has 1 saturated heterocycles. The molecular formula is C41H54N6O7P+. The van der Waals surface area contributed by atoms with Crippen LogP contribution < -0.4 is 22.2 Å². The number of amides is 1. The second-order valence-corrected chi connectivity index (χ2v) is 15.9. The summed E-state index contributed by atoms with van der Waals surface area (Å²) in [7, 11) is -3.35. The van der Waals surface area contributed by atoms with E-state index >= 15 is 0 Å². The summed E-state index contributed by atoms with van der Waals surface area (Å²) in [5.41, 5.74) is 16.6. The van der Waals surface area contributed by atoms with Crippen molar-refractivity contribution in [3.8, 4) is 0 Å². The van der Waals surface area contributed by atoms with Gasteiger partial charge in [-0.1, -0.05) is 78.9 Å². The van der Waals surface area contributed by atoms with E-state index in [0.717, 1.165) is 16.7 Å². The molecule has 0 saturated carbocycles. The third kappa shape index (κ3) is 10.9. The molecule has 55 heavy (non-hydrogen) atoms. The van der Waals surface area contributed by atoms with Gasteiger partial charge in [0.25, 0.3) is 11.7 Å².